The number of allylic oxidation sites excluding steroid dienone is 1. The maximum Gasteiger partial charge on any atom is 0.322 e. The number of hydrogen-bond donors (Lipinski definition) is 0. The predicted molar refractivity (Wildman–Crippen MR) is 46.0 cm³/mol. The number of esters is 2. The summed E-state index contributed by atoms with van der Waals surface area (Å²) in [6.07, 6.45) is 1.09. The molecule has 1 saturated heterocycles. The first-order chi connectivity index (χ1) is 6.11. The van der Waals surface area contributed by atoms with Crippen LogP contribution in [0.4, 0.5) is 0 Å². The lowest BCUT2D eigenvalue weighted by Crippen LogP contribution is -2.22. The third kappa shape index (κ3) is 1.27. The van der Waals surface area contributed by atoms with E-state index in [0.29, 0.717) is 17.9 Å². The zero-order valence-corrected chi connectivity index (χ0v) is 8.06. The molecule has 1 aliphatic carbocycles. The molecular formula is C8H6Cl2O3. The lowest BCUT2D eigenvalue weighted by molar-refractivity contribution is -0.153. The molecule has 3 nitrogen and oxygen atoms in total. The van der Waals surface area contributed by atoms with Gasteiger partial charge in [-0.3, -0.25) is 9.59 Å². The number of ether oxygens (including phenoxy) is 1. The lowest BCUT2D eigenvalue weighted by Gasteiger charge is -2.19. The summed E-state index contributed by atoms with van der Waals surface area (Å²) >= 11 is 11.6. The number of carbonyl (C=O) groups excluding carboxylic acids is 2. The number of hydrogen-bond acceptors (Lipinski definition) is 3. The van der Waals surface area contributed by atoms with E-state index in [4.69, 9.17) is 23.2 Å². The van der Waals surface area contributed by atoms with E-state index in [9.17, 15) is 9.59 Å². The van der Waals surface area contributed by atoms with E-state index in [1.54, 1.807) is 0 Å². The van der Waals surface area contributed by atoms with Gasteiger partial charge in [-0.1, -0.05) is 23.2 Å². The molecule has 0 amide bonds. The summed E-state index contributed by atoms with van der Waals surface area (Å²) in [6, 6.07) is 0. The SMILES string of the molecule is O=C1OC(=O)C2C(Cl)=C(Cl)CCC12. The van der Waals surface area contributed by atoms with Crippen LogP contribution in [0.2, 0.25) is 0 Å². The summed E-state index contributed by atoms with van der Waals surface area (Å²) in [7, 11) is 0. The number of cyclic esters (lactones) is 2. The third-order valence-electron chi connectivity index (χ3n) is 2.37. The van der Waals surface area contributed by atoms with Gasteiger partial charge >= 0.3 is 11.9 Å². The standard InChI is InChI=1S/C8H6Cl2O3/c9-4-2-1-3-5(6(4)10)8(12)13-7(3)11/h3,5H,1-2H2. The fourth-order valence-corrected chi connectivity index (χ4v) is 2.24. The highest BCUT2D eigenvalue weighted by Crippen LogP contribution is 2.43. The zero-order valence-electron chi connectivity index (χ0n) is 6.55. The molecule has 0 aromatic rings. The second-order valence-electron chi connectivity index (χ2n) is 3.12. The summed E-state index contributed by atoms with van der Waals surface area (Å²) in [5.41, 5.74) is 0. The van der Waals surface area contributed by atoms with Crippen LogP contribution >= 0.6 is 23.2 Å². The van der Waals surface area contributed by atoms with Gasteiger partial charge in [0.05, 0.1) is 5.92 Å². The normalized spacial score (nSPS) is 33.4. The molecule has 0 aromatic heterocycles. The molecule has 13 heavy (non-hydrogen) atoms. The van der Waals surface area contributed by atoms with Crippen LogP contribution < -0.4 is 0 Å². The van der Waals surface area contributed by atoms with Crippen molar-refractivity contribution < 1.29 is 14.3 Å². The van der Waals surface area contributed by atoms with Gasteiger partial charge in [-0.05, 0) is 12.8 Å². The lowest BCUT2D eigenvalue weighted by atomic mass is 9.86. The van der Waals surface area contributed by atoms with Crippen molar-refractivity contribution in [2.24, 2.45) is 11.8 Å². The number of fused-ring (bicyclic) bond motifs is 1. The van der Waals surface area contributed by atoms with E-state index in [1.165, 1.54) is 0 Å². The van der Waals surface area contributed by atoms with Gasteiger partial charge < -0.3 is 4.74 Å². The van der Waals surface area contributed by atoms with E-state index in [0.717, 1.165) is 0 Å². The van der Waals surface area contributed by atoms with Gasteiger partial charge in [0.2, 0.25) is 0 Å². The van der Waals surface area contributed by atoms with E-state index in [2.05, 4.69) is 4.74 Å². The average molecular weight is 221 g/mol. The van der Waals surface area contributed by atoms with E-state index < -0.39 is 23.8 Å². The maximum atomic E-state index is 11.2. The highest BCUT2D eigenvalue weighted by atomic mass is 35.5. The van der Waals surface area contributed by atoms with Crippen molar-refractivity contribution in [1.29, 1.82) is 0 Å². The number of rotatable bonds is 0. The third-order valence-corrected chi connectivity index (χ3v) is 3.32. The Kier molecular flexibility index (Phi) is 2.08. The summed E-state index contributed by atoms with van der Waals surface area (Å²) in [5, 5.41) is 0.739. The van der Waals surface area contributed by atoms with Crippen LogP contribution in [0.5, 0.6) is 0 Å². The van der Waals surface area contributed by atoms with E-state index >= 15 is 0 Å². The number of carbonyl (C=O) groups is 2. The second-order valence-corrected chi connectivity index (χ2v) is 3.98. The number of halogens is 2. The molecule has 2 rings (SSSR count). The fourth-order valence-electron chi connectivity index (χ4n) is 1.67. The molecule has 1 fully saturated rings. The molecule has 1 heterocycles. The van der Waals surface area contributed by atoms with Crippen molar-refractivity contribution in [3.8, 4) is 0 Å². The van der Waals surface area contributed by atoms with Crippen molar-refractivity contribution in [2.75, 3.05) is 0 Å². The largest absolute Gasteiger partial charge is 0.392 e. The van der Waals surface area contributed by atoms with Crippen LogP contribution in [0, 0.1) is 11.8 Å². The first kappa shape index (κ1) is 9.03. The Labute approximate surface area is 84.6 Å². The molecule has 0 aromatic carbocycles. The monoisotopic (exact) mass is 220 g/mol. The predicted octanol–water partition coefficient (Wildman–Crippen LogP) is 1.79. The topological polar surface area (TPSA) is 43.4 Å². The quantitative estimate of drug-likeness (QED) is 0.462. The molecule has 0 N–H and O–H groups in total. The Bertz CT molecular complexity index is 321. The average Bonchev–Trinajstić information content (AvgIpc) is 2.35. The molecule has 5 heteroatoms. The van der Waals surface area contributed by atoms with Gasteiger partial charge in [-0.2, -0.15) is 0 Å². The molecule has 2 aliphatic rings. The minimum absolute atomic E-state index is 0.272. The van der Waals surface area contributed by atoms with Gasteiger partial charge in [0.15, 0.2) is 0 Å². The van der Waals surface area contributed by atoms with Crippen LogP contribution in [0.3, 0.4) is 0 Å². The first-order valence-electron chi connectivity index (χ1n) is 3.91. The van der Waals surface area contributed by atoms with Crippen LogP contribution in [-0.2, 0) is 14.3 Å². The Hall–Kier alpha value is -0.540. The van der Waals surface area contributed by atoms with Gasteiger partial charge in [-0.15, -0.1) is 0 Å². The smallest absolute Gasteiger partial charge is 0.322 e. The summed E-state index contributed by atoms with van der Waals surface area (Å²) in [6.45, 7) is 0. The van der Waals surface area contributed by atoms with Crippen LogP contribution in [0.25, 0.3) is 0 Å². The minimum Gasteiger partial charge on any atom is -0.392 e. The van der Waals surface area contributed by atoms with Gasteiger partial charge in [0.25, 0.3) is 0 Å². The van der Waals surface area contributed by atoms with E-state index in [-0.39, 0.29) is 5.03 Å². The molecule has 1 aliphatic heterocycles. The zero-order chi connectivity index (χ0) is 9.59. The molecule has 0 spiro atoms. The summed E-state index contributed by atoms with van der Waals surface area (Å²) in [5.74, 6) is -2.10. The molecule has 0 radical (unpaired) electrons. The van der Waals surface area contributed by atoms with Gasteiger partial charge in [0.1, 0.15) is 5.92 Å². The van der Waals surface area contributed by atoms with Crippen LogP contribution in [0.15, 0.2) is 10.1 Å². The molecule has 0 saturated carbocycles. The highest BCUT2D eigenvalue weighted by molar-refractivity contribution is 6.40. The second kappa shape index (κ2) is 3.00. The maximum absolute atomic E-state index is 11.2. The van der Waals surface area contributed by atoms with Crippen molar-refractivity contribution in [1.82, 2.24) is 0 Å². The van der Waals surface area contributed by atoms with Crippen LogP contribution in [-0.4, -0.2) is 11.9 Å². The van der Waals surface area contributed by atoms with Crippen molar-refractivity contribution in [3.05, 3.63) is 10.1 Å². The Morgan fingerprint density at radius 1 is 1.23 bits per heavy atom. The van der Waals surface area contributed by atoms with Gasteiger partial charge in [0, 0.05) is 10.1 Å². The summed E-state index contributed by atoms with van der Waals surface area (Å²) < 4.78 is 4.47. The molecule has 70 valence electrons. The highest BCUT2D eigenvalue weighted by Gasteiger charge is 2.48. The van der Waals surface area contributed by atoms with Crippen molar-refractivity contribution in [2.45, 2.75) is 12.8 Å². The Morgan fingerprint density at radius 2 is 1.92 bits per heavy atom. The molecule has 2 unspecified atom stereocenters. The Morgan fingerprint density at radius 3 is 2.62 bits per heavy atom. The first-order valence-corrected chi connectivity index (χ1v) is 4.66. The Balaban J connectivity index is 2.40. The van der Waals surface area contributed by atoms with E-state index in [1.807, 2.05) is 0 Å². The molecule has 2 atom stereocenters. The van der Waals surface area contributed by atoms with Gasteiger partial charge in [-0.25, -0.2) is 0 Å². The van der Waals surface area contributed by atoms with Crippen molar-refractivity contribution >= 4 is 35.1 Å². The molecular weight excluding hydrogens is 215 g/mol. The summed E-state index contributed by atoms with van der Waals surface area (Å²) in [4.78, 5) is 22.3. The van der Waals surface area contributed by atoms with Crippen LogP contribution in [0.1, 0.15) is 12.8 Å². The van der Waals surface area contributed by atoms with Crippen molar-refractivity contribution in [3.63, 3.8) is 0 Å². The minimum atomic E-state index is -0.643. The fraction of sp³-hybridized carbons (Fsp3) is 0.500. The molecule has 0 bridgehead atoms.